The molecule has 0 unspecified atom stereocenters. The molecule has 2 aromatic heterocycles. The molecule has 0 atom stereocenters. The van der Waals surface area contributed by atoms with Crippen molar-refractivity contribution in [3.05, 3.63) is 212 Å². The number of hydrogen-bond donors (Lipinski definition) is 0. The minimum absolute atomic E-state index is 0.693. The Morgan fingerprint density at radius 1 is 0.438 bits per heavy atom. The second kappa shape index (κ2) is 15.4. The largest absolute Gasteiger partial charge is 0.341 e. The summed E-state index contributed by atoms with van der Waals surface area (Å²) in [5.41, 5.74) is 11.6. The van der Waals surface area contributed by atoms with Crippen LogP contribution < -0.4 is 4.90 Å². The van der Waals surface area contributed by atoms with Crippen molar-refractivity contribution in [3.8, 4) is 56.3 Å². The van der Waals surface area contributed by atoms with Crippen LogP contribution in [0.25, 0.3) is 110 Å². The summed E-state index contributed by atoms with van der Waals surface area (Å²) in [6, 6.07) is 66.6. The van der Waals surface area contributed by atoms with Crippen LogP contribution in [0.4, 0.5) is 11.4 Å². The van der Waals surface area contributed by atoms with Gasteiger partial charge < -0.3 is 4.90 Å². The molecule has 11 aromatic rings. The van der Waals surface area contributed by atoms with Crippen molar-refractivity contribution in [3.63, 3.8) is 0 Å². The molecule has 0 amide bonds. The van der Waals surface area contributed by atoms with Crippen molar-refractivity contribution >= 4 is 72.1 Å². The van der Waals surface area contributed by atoms with E-state index in [2.05, 4.69) is 205 Å². The van der Waals surface area contributed by atoms with E-state index in [9.17, 15) is 0 Å². The molecule has 5 nitrogen and oxygen atoms in total. The normalized spacial score (nSPS) is 12.5. The van der Waals surface area contributed by atoms with E-state index in [-0.39, 0.29) is 0 Å². The molecule has 64 heavy (non-hydrogen) atoms. The van der Waals surface area contributed by atoms with E-state index in [1.165, 1.54) is 26.9 Å². The van der Waals surface area contributed by atoms with Crippen molar-refractivity contribution in [1.82, 2.24) is 15.0 Å². The van der Waals surface area contributed by atoms with Gasteiger partial charge in [-0.05, 0) is 91.3 Å². The third kappa shape index (κ3) is 6.33. The quantitative estimate of drug-likeness (QED) is 0.119. The van der Waals surface area contributed by atoms with Crippen LogP contribution >= 0.6 is 0 Å². The Balaban J connectivity index is 0.976. The van der Waals surface area contributed by atoms with E-state index >= 15 is 0 Å². The van der Waals surface area contributed by atoms with Crippen LogP contribution in [0.5, 0.6) is 0 Å². The van der Waals surface area contributed by atoms with E-state index in [0.717, 1.165) is 95.4 Å². The molecule has 0 saturated carbocycles. The van der Waals surface area contributed by atoms with E-state index in [0.29, 0.717) is 5.82 Å². The number of benzene rings is 9. The number of hydrogen-bond acceptors (Lipinski definition) is 5. The van der Waals surface area contributed by atoms with Gasteiger partial charge in [-0.3, -0.25) is 4.99 Å². The Morgan fingerprint density at radius 2 is 0.953 bits per heavy atom. The maximum Gasteiger partial charge on any atom is 0.161 e. The molecule has 0 radical (unpaired) electrons. The SMILES string of the molecule is C=Nc1c(N2C=CC=CC2)c(-c2ccc(-c3ccc(-c4cc(-c5cc6ccccc6c6ccccc56)nc(-c5cc6ccccc6c6ccccc56)n4)cc3)cc2)nc2ccccc12. The lowest BCUT2D eigenvalue weighted by molar-refractivity contribution is 1.07. The first-order valence-corrected chi connectivity index (χ1v) is 21.6. The number of nitrogens with zero attached hydrogens (tertiary/aromatic N) is 5. The lowest BCUT2D eigenvalue weighted by Crippen LogP contribution is -2.19. The average molecular weight is 818 g/mol. The molecule has 9 aromatic carbocycles. The number of para-hydroxylation sites is 1. The summed E-state index contributed by atoms with van der Waals surface area (Å²) in [6.07, 6.45) is 8.33. The predicted octanol–water partition coefficient (Wildman–Crippen LogP) is 15.2. The molecule has 1 aliphatic heterocycles. The van der Waals surface area contributed by atoms with Gasteiger partial charge in [-0.2, -0.15) is 0 Å². The first-order valence-electron chi connectivity index (χ1n) is 21.6. The lowest BCUT2D eigenvalue weighted by Gasteiger charge is -2.26. The van der Waals surface area contributed by atoms with E-state index in [4.69, 9.17) is 15.0 Å². The van der Waals surface area contributed by atoms with Crippen molar-refractivity contribution in [1.29, 1.82) is 0 Å². The molecule has 0 fully saturated rings. The second-order valence-corrected chi connectivity index (χ2v) is 16.3. The van der Waals surface area contributed by atoms with Gasteiger partial charge in [0.15, 0.2) is 5.82 Å². The Hall–Kier alpha value is -8.54. The van der Waals surface area contributed by atoms with Crippen molar-refractivity contribution in [2.45, 2.75) is 0 Å². The zero-order valence-corrected chi connectivity index (χ0v) is 34.9. The number of fused-ring (bicyclic) bond motifs is 7. The van der Waals surface area contributed by atoms with Crippen molar-refractivity contribution < 1.29 is 0 Å². The summed E-state index contributed by atoms with van der Waals surface area (Å²) in [4.78, 5) is 22.8. The first kappa shape index (κ1) is 37.2. The summed E-state index contributed by atoms with van der Waals surface area (Å²) in [5, 5.41) is 10.4. The Bertz CT molecular complexity index is 3580. The molecule has 5 heteroatoms. The highest BCUT2D eigenvalue weighted by atomic mass is 15.1. The Labute approximate surface area is 370 Å². The lowest BCUT2D eigenvalue weighted by atomic mass is 9.94. The first-order chi connectivity index (χ1) is 31.7. The molecule has 0 bridgehead atoms. The van der Waals surface area contributed by atoms with Crippen LogP contribution in [0.2, 0.25) is 0 Å². The fraction of sp³-hybridized carbons (Fsp3) is 0.0169. The molecule has 3 heterocycles. The minimum Gasteiger partial charge on any atom is -0.341 e. The highest BCUT2D eigenvalue weighted by Crippen LogP contribution is 2.44. The molecule has 0 N–H and O–H groups in total. The van der Waals surface area contributed by atoms with Gasteiger partial charge in [0.25, 0.3) is 0 Å². The van der Waals surface area contributed by atoms with E-state index in [1.807, 2.05) is 24.3 Å². The van der Waals surface area contributed by atoms with Crippen LogP contribution in [0.15, 0.2) is 217 Å². The summed E-state index contributed by atoms with van der Waals surface area (Å²) in [6.45, 7) is 4.71. The van der Waals surface area contributed by atoms with Gasteiger partial charge in [0.2, 0.25) is 0 Å². The van der Waals surface area contributed by atoms with Gasteiger partial charge in [-0.25, -0.2) is 15.0 Å². The molecular weight excluding hydrogens is 779 g/mol. The smallest absolute Gasteiger partial charge is 0.161 e. The average Bonchev–Trinajstić information content (AvgIpc) is 3.37. The Morgan fingerprint density at radius 3 is 1.58 bits per heavy atom. The van der Waals surface area contributed by atoms with Crippen LogP contribution in [0.1, 0.15) is 0 Å². The standard InChI is InChI=1S/C59H39N5/c1-60-57-50-23-11-12-24-53(50)61-56(58(57)64-33-13-2-14-34-64)41-31-27-39(28-32-41)38-25-29-40(30-26-38)54-37-55(51-35-42-15-3-5-17-44(42)46-19-7-9-21-48(46)51)63-59(62-54)52-36-43-16-4-6-18-45(43)47-20-8-10-22-49(47)52/h2-33,35-37H,1,34H2. The van der Waals surface area contributed by atoms with Crippen LogP contribution in [-0.2, 0) is 0 Å². The summed E-state index contributed by atoms with van der Waals surface area (Å²) >= 11 is 0. The van der Waals surface area contributed by atoms with Crippen LogP contribution in [-0.4, -0.2) is 28.2 Å². The molecule has 0 spiro atoms. The maximum atomic E-state index is 5.44. The number of rotatable bonds is 7. The number of aromatic nitrogens is 3. The monoisotopic (exact) mass is 817 g/mol. The van der Waals surface area contributed by atoms with Crippen molar-refractivity contribution in [2.24, 2.45) is 4.99 Å². The maximum absolute atomic E-state index is 5.44. The highest BCUT2D eigenvalue weighted by molar-refractivity contribution is 6.15. The van der Waals surface area contributed by atoms with Crippen molar-refractivity contribution in [2.75, 3.05) is 11.4 Å². The minimum atomic E-state index is 0.693. The van der Waals surface area contributed by atoms with Gasteiger partial charge >= 0.3 is 0 Å². The zero-order chi connectivity index (χ0) is 42.6. The number of allylic oxidation sites excluding steroid dienone is 2. The van der Waals surface area contributed by atoms with Crippen LogP contribution in [0.3, 0.4) is 0 Å². The predicted molar refractivity (Wildman–Crippen MR) is 269 cm³/mol. The number of aliphatic imine (C=N–C) groups is 1. The van der Waals surface area contributed by atoms with Gasteiger partial charge in [-0.15, -0.1) is 0 Å². The highest BCUT2D eigenvalue weighted by Gasteiger charge is 2.21. The molecule has 0 aliphatic carbocycles. The zero-order valence-electron chi connectivity index (χ0n) is 34.9. The van der Waals surface area contributed by atoms with Gasteiger partial charge in [0.05, 0.1) is 34.0 Å². The van der Waals surface area contributed by atoms with Gasteiger partial charge in [-0.1, -0.05) is 176 Å². The summed E-state index contributed by atoms with van der Waals surface area (Å²) in [7, 11) is 0. The number of pyridine rings is 1. The van der Waals surface area contributed by atoms with E-state index < -0.39 is 0 Å². The number of anilines is 1. The Kier molecular flexibility index (Phi) is 8.97. The summed E-state index contributed by atoms with van der Waals surface area (Å²) < 4.78 is 0. The molecular formula is C59H39N5. The third-order valence-electron chi connectivity index (χ3n) is 12.6. The molecule has 1 aliphatic rings. The molecule has 12 rings (SSSR count). The molecule has 0 saturated heterocycles. The molecule has 300 valence electrons. The second-order valence-electron chi connectivity index (χ2n) is 16.3. The fourth-order valence-corrected chi connectivity index (χ4v) is 9.46. The third-order valence-corrected chi connectivity index (χ3v) is 12.6. The van der Waals surface area contributed by atoms with Gasteiger partial charge in [0.1, 0.15) is 0 Å². The van der Waals surface area contributed by atoms with Crippen LogP contribution in [0, 0.1) is 0 Å². The topological polar surface area (TPSA) is 54.3 Å². The van der Waals surface area contributed by atoms with Gasteiger partial charge in [0, 0.05) is 40.4 Å². The summed E-state index contributed by atoms with van der Waals surface area (Å²) in [5.74, 6) is 0.693. The van der Waals surface area contributed by atoms with E-state index in [1.54, 1.807) is 0 Å². The fourth-order valence-electron chi connectivity index (χ4n) is 9.46.